The van der Waals surface area contributed by atoms with Gasteiger partial charge in [-0.25, -0.2) is 0 Å². The number of carbonyl (C=O) groups excluding carboxylic acids is 2. The quantitative estimate of drug-likeness (QED) is 0.762. The van der Waals surface area contributed by atoms with E-state index in [9.17, 15) is 9.59 Å². The molecule has 2 N–H and O–H groups in total. The van der Waals surface area contributed by atoms with E-state index in [1.165, 1.54) is 0 Å². The van der Waals surface area contributed by atoms with Gasteiger partial charge in [0.2, 0.25) is 5.91 Å². The van der Waals surface area contributed by atoms with Gasteiger partial charge >= 0.3 is 0 Å². The third kappa shape index (κ3) is 5.44. The van der Waals surface area contributed by atoms with Crippen LogP contribution in [0.25, 0.3) is 0 Å². The van der Waals surface area contributed by atoms with Crippen LogP contribution in [0.3, 0.4) is 0 Å². The third-order valence-electron chi connectivity index (χ3n) is 3.58. The lowest BCUT2D eigenvalue weighted by Crippen LogP contribution is -2.29. The van der Waals surface area contributed by atoms with Crippen molar-refractivity contribution in [1.29, 1.82) is 0 Å². The first-order valence-electron chi connectivity index (χ1n) is 8.53. The summed E-state index contributed by atoms with van der Waals surface area (Å²) < 4.78 is 3.36. The Kier molecular flexibility index (Phi) is 6.32. The van der Waals surface area contributed by atoms with Crippen molar-refractivity contribution in [1.82, 2.24) is 24.9 Å². The highest BCUT2D eigenvalue weighted by atomic mass is 16.2. The lowest BCUT2D eigenvalue weighted by Gasteiger charge is -2.08. The van der Waals surface area contributed by atoms with Crippen LogP contribution in [-0.2, 0) is 17.9 Å². The maximum Gasteiger partial charge on any atom is 0.273 e. The molecule has 0 atom stereocenters. The smallest absolute Gasteiger partial charge is 0.273 e. The Morgan fingerprint density at radius 3 is 2.60 bits per heavy atom. The second kappa shape index (κ2) is 8.46. The van der Waals surface area contributed by atoms with E-state index < -0.39 is 0 Å². The van der Waals surface area contributed by atoms with Gasteiger partial charge in [0.25, 0.3) is 5.91 Å². The molecule has 0 aliphatic rings. The number of anilines is 1. The maximum absolute atomic E-state index is 12.3. The average molecular weight is 346 g/mol. The Morgan fingerprint density at radius 2 is 2.00 bits per heavy atom. The van der Waals surface area contributed by atoms with Crippen LogP contribution in [0, 0.1) is 12.8 Å². The molecule has 0 unspecified atom stereocenters. The fraction of sp³-hybridized carbons (Fsp3) is 0.529. The Morgan fingerprint density at radius 1 is 1.24 bits per heavy atom. The minimum atomic E-state index is -0.279. The molecule has 8 nitrogen and oxygen atoms in total. The molecule has 2 heterocycles. The van der Waals surface area contributed by atoms with Crippen molar-refractivity contribution in [2.24, 2.45) is 5.92 Å². The van der Waals surface area contributed by atoms with Gasteiger partial charge in [-0.1, -0.05) is 13.8 Å². The molecule has 136 valence electrons. The van der Waals surface area contributed by atoms with Crippen LogP contribution in [-0.4, -0.2) is 37.9 Å². The fourth-order valence-corrected chi connectivity index (χ4v) is 2.24. The first-order valence-corrected chi connectivity index (χ1v) is 8.53. The van der Waals surface area contributed by atoms with Crippen LogP contribution in [0.4, 0.5) is 5.69 Å². The number of nitrogens with one attached hydrogen (secondary N) is 2. The number of amides is 2. The van der Waals surface area contributed by atoms with E-state index in [0.717, 1.165) is 5.56 Å². The summed E-state index contributed by atoms with van der Waals surface area (Å²) in [4.78, 5) is 24.5. The molecule has 2 rings (SSSR count). The zero-order chi connectivity index (χ0) is 18.4. The van der Waals surface area contributed by atoms with Crippen LogP contribution < -0.4 is 10.6 Å². The number of nitrogens with zero attached hydrogens (tertiary/aromatic N) is 4. The molecule has 0 fully saturated rings. The highest BCUT2D eigenvalue weighted by Gasteiger charge is 2.18. The highest BCUT2D eigenvalue weighted by Crippen LogP contribution is 2.14. The molecular formula is C17H26N6O2. The second-order valence-corrected chi connectivity index (χ2v) is 6.43. The zero-order valence-electron chi connectivity index (χ0n) is 15.2. The van der Waals surface area contributed by atoms with Crippen LogP contribution in [0.5, 0.6) is 0 Å². The Bertz CT molecular complexity index is 731. The van der Waals surface area contributed by atoms with Crippen LogP contribution in [0.2, 0.25) is 0 Å². The van der Waals surface area contributed by atoms with Crippen molar-refractivity contribution in [3.8, 4) is 0 Å². The molecule has 0 saturated heterocycles. The summed E-state index contributed by atoms with van der Waals surface area (Å²) in [6, 6.07) is 0. The molecular weight excluding hydrogens is 320 g/mol. The predicted molar refractivity (Wildman–Crippen MR) is 95.3 cm³/mol. The SMILES string of the molecule is CCn1cc(NC(=O)CCn2cc(C)cn2)c(C(=O)NCC(C)C)n1. The fourth-order valence-electron chi connectivity index (χ4n) is 2.24. The lowest BCUT2D eigenvalue weighted by molar-refractivity contribution is -0.116. The Hall–Kier alpha value is -2.64. The van der Waals surface area contributed by atoms with Crippen molar-refractivity contribution >= 4 is 17.5 Å². The van der Waals surface area contributed by atoms with Gasteiger partial charge in [-0.2, -0.15) is 10.2 Å². The van der Waals surface area contributed by atoms with E-state index in [0.29, 0.717) is 31.2 Å². The summed E-state index contributed by atoms with van der Waals surface area (Å²) in [6.07, 6.45) is 5.58. The molecule has 2 aromatic heterocycles. The molecule has 0 bridgehead atoms. The molecule has 8 heteroatoms. The van der Waals surface area contributed by atoms with Crippen LogP contribution in [0.15, 0.2) is 18.6 Å². The number of carbonyl (C=O) groups is 2. The highest BCUT2D eigenvalue weighted by molar-refractivity contribution is 6.02. The topological polar surface area (TPSA) is 93.8 Å². The number of aryl methyl sites for hydroxylation is 3. The first kappa shape index (κ1) is 18.7. The van der Waals surface area contributed by atoms with Crippen LogP contribution >= 0.6 is 0 Å². The van der Waals surface area contributed by atoms with Crippen LogP contribution in [0.1, 0.15) is 43.2 Å². The molecule has 0 aliphatic carbocycles. The van der Waals surface area contributed by atoms with E-state index >= 15 is 0 Å². The summed E-state index contributed by atoms with van der Waals surface area (Å²) in [5, 5.41) is 14.0. The van der Waals surface area contributed by atoms with E-state index in [2.05, 4.69) is 20.8 Å². The normalized spacial score (nSPS) is 10.9. The van der Waals surface area contributed by atoms with Gasteiger partial charge in [0.1, 0.15) is 0 Å². The van der Waals surface area contributed by atoms with Crippen molar-refractivity contribution in [3.63, 3.8) is 0 Å². The largest absolute Gasteiger partial charge is 0.350 e. The first-order chi connectivity index (χ1) is 11.9. The minimum Gasteiger partial charge on any atom is -0.350 e. The van der Waals surface area contributed by atoms with Gasteiger partial charge in [-0.15, -0.1) is 0 Å². The second-order valence-electron chi connectivity index (χ2n) is 6.43. The molecule has 0 radical (unpaired) electrons. The molecule has 25 heavy (non-hydrogen) atoms. The van der Waals surface area contributed by atoms with Crippen molar-refractivity contribution in [3.05, 3.63) is 29.8 Å². The monoisotopic (exact) mass is 346 g/mol. The Balaban J connectivity index is 2.00. The molecule has 0 spiro atoms. The van der Waals surface area contributed by atoms with Crippen molar-refractivity contribution in [2.45, 2.75) is 47.2 Å². The molecule has 0 aromatic carbocycles. The summed E-state index contributed by atoms with van der Waals surface area (Å²) >= 11 is 0. The summed E-state index contributed by atoms with van der Waals surface area (Å²) in [5.74, 6) is -0.117. The lowest BCUT2D eigenvalue weighted by atomic mass is 10.2. The van der Waals surface area contributed by atoms with Gasteiger partial charge in [0.05, 0.1) is 11.9 Å². The number of aromatic nitrogens is 4. The molecule has 0 aliphatic heterocycles. The number of hydrogen-bond donors (Lipinski definition) is 2. The molecule has 0 saturated carbocycles. The molecule has 2 aromatic rings. The molecule has 2 amide bonds. The van der Waals surface area contributed by atoms with Gasteiger partial charge in [-0.3, -0.25) is 19.0 Å². The Labute approximate surface area is 147 Å². The van der Waals surface area contributed by atoms with Crippen molar-refractivity contribution < 1.29 is 9.59 Å². The predicted octanol–water partition coefficient (Wildman–Crippen LogP) is 1.82. The van der Waals surface area contributed by atoms with Crippen molar-refractivity contribution in [2.75, 3.05) is 11.9 Å². The maximum atomic E-state index is 12.3. The standard InChI is InChI=1S/C17H26N6O2/c1-5-22-11-14(16(21-22)17(25)18-8-12(2)3)20-15(24)6-7-23-10-13(4)9-19-23/h9-12H,5-8H2,1-4H3,(H,18,25)(H,20,24). The number of hydrogen-bond acceptors (Lipinski definition) is 4. The number of rotatable bonds is 8. The third-order valence-corrected chi connectivity index (χ3v) is 3.58. The summed E-state index contributed by atoms with van der Waals surface area (Å²) in [7, 11) is 0. The summed E-state index contributed by atoms with van der Waals surface area (Å²) in [5.41, 5.74) is 1.73. The average Bonchev–Trinajstić information content (AvgIpc) is 3.16. The van der Waals surface area contributed by atoms with Gasteiger partial charge in [0.15, 0.2) is 5.69 Å². The minimum absolute atomic E-state index is 0.179. The summed E-state index contributed by atoms with van der Waals surface area (Å²) in [6.45, 7) is 9.57. The van der Waals surface area contributed by atoms with E-state index in [1.54, 1.807) is 21.8 Å². The van der Waals surface area contributed by atoms with Gasteiger partial charge < -0.3 is 10.6 Å². The zero-order valence-corrected chi connectivity index (χ0v) is 15.2. The van der Waals surface area contributed by atoms with Gasteiger partial charge in [0, 0.05) is 38.4 Å². The van der Waals surface area contributed by atoms with E-state index in [1.807, 2.05) is 33.9 Å². The van der Waals surface area contributed by atoms with E-state index in [4.69, 9.17) is 0 Å². The van der Waals surface area contributed by atoms with E-state index in [-0.39, 0.29) is 23.9 Å². The van der Waals surface area contributed by atoms with Gasteiger partial charge in [-0.05, 0) is 25.3 Å².